The zero-order valence-corrected chi connectivity index (χ0v) is 10.1. The van der Waals surface area contributed by atoms with E-state index in [1.54, 1.807) is 0 Å². The fourth-order valence-corrected chi connectivity index (χ4v) is 2.18. The first-order chi connectivity index (χ1) is 8.58. The van der Waals surface area contributed by atoms with Crippen LogP contribution >= 0.6 is 0 Å². The van der Waals surface area contributed by atoms with Crippen LogP contribution in [0, 0.1) is 0 Å². The number of fused-ring (bicyclic) bond motifs is 1. The predicted octanol–water partition coefficient (Wildman–Crippen LogP) is 1.14. The Labute approximate surface area is 105 Å². The molecule has 0 bridgehead atoms. The Morgan fingerprint density at radius 3 is 2.89 bits per heavy atom. The molecule has 0 aliphatic carbocycles. The second-order valence-electron chi connectivity index (χ2n) is 4.37. The molecule has 0 aromatic heterocycles. The summed E-state index contributed by atoms with van der Waals surface area (Å²) in [5, 5.41) is 11.5. The molecule has 96 valence electrons. The van der Waals surface area contributed by atoms with Crippen molar-refractivity contribution < 1.29 is 19.4 Å². The van der Waals surface area contributed by atoms with Crippen LogP contribution in [0.4, 0.5) is 0 Å². The Morgan fingerprint density at radius 1 is 1.50 bits per heavy atom. The van der Waals surface area contributed by atoms with Crippen LogP contribution in [-0.2, 0) is 9.59 Å². The van der Waals surface area contributed by atoms with Crippen LogP contribution in [-0.4, -0.2) is 29.6 Å². The van der Waals surface area contributed by atoms with Crippen molar-refractivity contribution in [3.63, 3.8) is 0 Å². The molecule has 5 nitrogen and oxygen atoms in total. The Bertz CT molecular complexity index is 472. The molecule has 2 rings (SSSR count). The van der Waals surface area contributed by atoms with Gasteiger partial charge in [-0.3, -0.25) is 4.79 Å². The van der Waals surface area contributed by atoms with E-state index >= 15 is 0 Å². The Kier molecular flexibility index (Phi) is 3.50. The highest BCUT2D eigenvalue weighted by atomic mass is 16.5. The van der Waals surface area contributed by atoms with E-state index in [0.717, 1.165) is 11.3 Å². The van der Waals surface area contributed by atoms with E-state index in [-0.39, 0.29) is 11.8 Å². The van der Waals surface area contributed by atoms with Crippen molar-refractivity contribution in [1.29, 1.82) is 0 Å². The molecule has 0 saturated carbocycles. The van der Waals surface area contributed by atoms with Gasteiger partial charge in [-0.15, -0.1) is 0 Å². The van der Waals surface area contributed by atoms with Gasteiger partial charge in [0.1, 0.15) is 11.8 Å². The van der Waals surface area contributed by atoms with E-state index in [0.29, 0.717) is 13.0 Å². The van der Waals surface area contributed by atoms with Gasteiger partial charge in [-0.25, -0.2) is 4.79 Å². The molecule has 1 heterocycles. The van der Waals surface area contributed by atoms with Crippen LogP contribution < -0.4 is 10.1 Å². The summed E-state index contributed by atoms with van der Waals surface area (Å²) < 4.78 is 5.49. The van der Waals surface area contributed by atoms with Crippen molar-refractivity contribution in [2.24, 2.45) is 0 Å². The normalized spacial score (nSPS) is 18.6. The minimum absolute atomic E-state index is 0.00847. The molecule has 2 unspecified atom stereocenters. The van der Waals surface area contributed by atoms with Crippen LogP contribution in [0.3, 0.4) is 0 Å². The molecular formula is C13H15NO4. The van der Waals surface area contributed by atoms with E-state index in [2.05, 4.69) is 5.32 Å². The topological polar surface area (TPSA) is 75.6 Å². The Hall–Kier alpha value is -2.04. The molecule has 1 aliphatic heterocycles. The maximum atomic E-state index is 11.1. The second kappa shape index (κ2) is 5.08. The zero-order valence-electron chi connectivity index (χ0n) is 10.1. The van der Waals surface area contributed by atoms with Gasteiger partial charge in [-0.1, -0.05) is 18.2 Å². The molecule has 0 radical (unpaired) electrons. The molecule has 5 heteroatoms. The van der Waals surface area contributed by atoms with Crippen LogP contribution in [0.15, 0.2) is 24.3 Å². The summed E-state index contributed by atoms with van der Waals surface area (Å²) in [6, 6.07) is 6.70. The van der Waals surface area contributed by atoms with Crippen molar-refractivity contribution in [1.82, 2.24) is 5.32 Å². The maximum Gasteiger partial charge on any atom is 0.326 e. The predicted molar refractivity (Wildman–Crippen MR) is 64.5 cm³/mol. The number of carbonyl (C=O) groups is 2. The summed E-state index contributed by atoms with van der Waals surface area (Å²) in [5.74, 6) is -0.548. The van der Waals surface area contributed by atoms with Gasteiger partial charge in [0.05, 0.1) is 6.61 Å². The first-order valence-corrected chi connectivity index (χ1v) is 5.79. The Balaban J connectivity index is 2.09. The quantitative estimate of drug-likeness (QED) is 0.839. The van der Waals surface area contributed by atoms with Crippen molar-refractivity contribution in [2.45, 2.75) is 25.3 Å². The van der Waals surface area contributed by atoms with Gasteiger partial charge in [-0.2, -0.15) is 0 Å². The van der Waals surface area contributed by atoms with Crippen molar-refractivity contribution >= 4 is 11.9 Å². The lowest BCUT2D eigenvalue weighted by molar-refractivity contribution is -0.141. The van der Waals surface area contributed by atoms with Crippen LogP contribution in [0.25, 0.3) is 0 Å². The van der Waals surface area contributed by atoms with Gasteiger partial charge < -0.3 is 15.2 Å². The number of amides is 1. The first kappa shape index (κ1) is 12.4. The van der Waals surface area contributed by atoms with E-state index in [9.17, 15) is 9.59 Å². The number of carboxylic acids is 1. The third-order valence-electron chi connectivity index (χ3n) is 2.99. The monoisotopic (exact) mass is 249 g/mol. The summed E-state index contributed by atoms with van der Waals surface area (Å²) >= 11 is 0. The molecule has 0 fully saturated rings. The molecule has 18 heavy (non-hydrogen) atoms. The number of aliphatic carboxylic acids is 1. The third kappa shape index (κ3) is 2.61. The van der Waals surface area contributed by atoms with E-state index in [4.69, 9.17) is 9.84 Å². The van der Waals surface area contributed by atoms with Crippen molar-refractivity contribution in [3.8, 4) is 5.75 Å². The highest BCUT2D eigenvalue weighted by molar-refractivity contribution is 5.82. The average Bonchev–Trinajstić information content (AvgIpc) is 2.71. The summed E-state index contributed by atoms with van der Waals surface area (Å²) in [5.41, 5.74) is 1.01. The first-order valence-electron chi connectivity index (χ1n) is 5.79. The number of hydrogen-bond donors (Lipinski definition) is 2. The number of benzene rings is 1. The molecule has 1 aromatic rings. The standard InChI is InChI=1S/C13H15NO4/c1-8(15)14-11(13(16)17)6-9-7-18-12-5-3-2-4-10(9)12/h2-5,9,11H,6-7H2,1H3,(H,14,15)(H,16,17). The fraction of sp³-hybridized carbons (Fsp3) is 0.385. The van der Waals surface area contributed by atoms with Gasteiger partial charge in [0.25, 0.3) is 0 Å². The summed E-state index contributed by atoms with van der Waals surface area (Å²) in [7, 11) is 0. The number of carboxylic acid groups (broad SMARTS) is 1. The highest BCUT2D eigenvalue weighted by Gasteiger charge is 2.29. The molecule has 0 spiro atoms. The molecular weight excluding hydrogens is 234 g/mol. The van der Waals surface area contributed by atoms with Crippen LogP contribution in [0.5, 0.6) is 5.75 Å². The maximum absolute atomic E-state index is 11.1. The largest absolute Gasteiger partial charge is 0.493 e. The lowest BCUT2D eigenvalue weighted by atomic mass is 9.94. The fourth-order valence-electron chi connectivity index (χ4n) is 2.18. The third-order valence-corrected chi connectivity index (χ3v) is 2.99. The number of nitrogens with one attached hydrogen (secondary N) is 1. The van der Waals surface area contributed by atoms with Crippen LogP contribution in [0.2, 0.25) is 0 Å². The summed E-state index contributed by atoms with van der Waals surface area (Å²) in [4.78, 5) is 22.1. The van der Waals surface area contributed by atoms with Crippen LogP contribution in [0.1, 0.15) is 24.8 Å². The highest BCUT2D eigenvalue weighted by Crippen LogP contribution is 2.36. The van der Waals surface area contributed by atoms with E-state index in [1.807, 2.05) is 24.3 Å². The van der Waals surface area contributed by atoms with Crippen molar-refractivity contribution in [2.75, 3.05) is 6.61 Å². The number of hydrogen-bond acceptors (Lipinski definition) is 3. The lowest BCUT2D eigenvalue weighted by Gasteiger charge is -2.16. The average molecular weight is 249 g/mol. The minimum Gasteiger partial charge on any atom is -0.493 e. The van der Waals surface area contributed by atoms with Gasteiger partial charge in [0, 0.05) is 18.4 Å². The van der Waals surface area contributed by atoms with E-state index < -0.39 is 12.0 Å². The van der Waals surface area contributed by atoms with Gasteiger partial charge in [0.2, 0.25) is 5.91 Å². The van der Waals surface area contributed by atoms with Gasteiger partial charge in [-0.05, 0) is 12.5 Å². The SMILES string of the molecule is CC(=O)NC(CC1COc2ccccc21)C(=O)O. The molecule has 0 saturated heterocycles. The minimum atomic E-state index is -1.02. The number of rotatable bonds is 4. The van der Waals surface area contributed by atoms with Crippen molar-refractivity contribution in [3.05, 3.63) is 29.8 Å². The molecule has 2 N–H and O–H groups in total. The number of para-hydroxylation sites is 1. The Morgan fingerprint density at radius 2 is 2.22 bits per heavy atom. The number of carbonyl (C=O) groups excluding carboxylic acids is 1. The molecule has 1 amide bonds. The summed E-state index contributed by atoms with van der Waals surface area (Å²) in [6.45, 7) is 1.78. The summed E-state index contributed by atoms with van der Waals surface area (Å²) in [6.07, 6.45) is 0.339. The van der Waals surface area contributed by atoms with E-state index in [1.165, 1.54) is 6.92 Å². The second-order valence-corrected chi connectivity index (χ2v) is 4.37. The molecule has 1 aromatic carbocycles. The van der Waals surface area contributed by atoms with Gasteiger partial charge in [0.15, 0.2) is 0 Å². The van der Waals surface area contributed by atoms with Gasteiger partial charge >= 0.3 is 5.97 Å². The molecule has 1 aliphatic rings. The number of ether oxygens (including phenoxy) is 1. The smallest absolute Gasteiger partial charge is 0.326 e. The lowest BCUT2D eigenvalue weighted by Crippen LogP contribution is -2.40. The zero-order chi connectivity index (χ0) is 13.1. The molecule has 2 atom stereocenters.